The molecule has 0 aliphatic carbocycles. The molecule has 4 heteroatoms. The molecule has 0 aliphatic rings. The van der Waals surface area contributed by atoms with Crippen molar-refractivity contribution in [1.29, 1.82) is 0 Å². The lowest BCUT2D eigenvalue weighted by Crippen LogP contribution is -2.06. The van der Waals surface area contributed by atoms with E-state index in [0.717, 1.165) is 11.3 Å². The van der Waals surface area contributed by atoms with Crippen molar-refractivity contribution in [3.63, 3.8) is 0 Å². The Balaban J connectivity index is 2.81. The van der Waals surface area contributed by atoms with Crippen molar-refractivity contribution in [3.8, 4) is 0 Å². The van der Waals surface area contributed by atoms with E-state index in [9.17, 15) is 9.59 Å². The number of hydrogen-bond acceptors (Lipinski definition) is 3. The van der Waals surface area contributed by atoms with Gasteiger partial charge >= 0.3 is 5.97 Å². The van der Waals surface area contributed by atoms with Crippen LogP contribution in [0.15, 0.2) is 23.0 Å². The molecule has 0 radical (unpaired) electrons. The molecule has 1 N–H and O–H groups in total. The summed E-state index contributed by atoms with van der Waals surface area (Å²) in [6, 6.07) is 3.07. The number of hydrogen-bond donors (Lipinski definition) is 1. The molecular weight excluding hydrogens is 194 g/mol. The highest BCUT2D eigenvalue weighted by Gasteiger charge is 1.97. The zero-order chi connectivity index (χ0) is 11.3. The summed E-state index contributed by atoms with van der Waals surface area (Å²) in [5.41, 5.74) is 1.37. The summed E-state index contributed by atoms with van der Waals surface area (Å²) in [4.78, 5) is 24.6. The van der Waals surface area contributed by atoms with E-state index in [1.807, 2.05) is 0 Å². The lowest BCUT2D eigenvalue weighted by molar-refractivity contribution is -0.137. The van der Waals surface area contributed by atoms with Crippen LogP contribution in [0.1, 0.15) is 18.2 Å². The Kier molecular flexibility index (Phi) is 3.85. The average molecular weight is 207 g/mol. The third-order valence-electron chi connectivity index (χ3n) is 1.84. The zero-order valence-electron chi connectivity index (χ0n) is 8.74. The van der Waals surface area contributed by atoms with Gasteiger partial charge in [0.2, 0.25) is 5.56 Å². The second-order valence-corrected chi connectivity index (χ2v) is 2.99. The van der Waals surface area contributed by atoms with Crippen molar-refractivity contribution in [1.82, 2.24) is 4.98 Å². The molecule has 0 unspecified atom stereocenters. The minimum Gasteiger partial charge on any atom is -0.463 e. The first-order valence-corrected chi connectivity index (χ1v) is 4.68. The molecule has 1 heterocycles. The second kappa shape index (κ2) is 5.14. The number of rotatable bonds is 3. The monoisotopic (exact) mass is 207 g/mol. The summed E-state index contributed by atoms with van der Waals surface area (Å²) in [5.74, 6) is -0.386. The van der Waals surface area contributed by atoms with Crippen LogP contribution in [0.5, 0.6) is 0 Å². The highest BCUT2D eigenvalue weighted by Crippen LogP contribution is 2.03. The van der Waals surface area contributed by atoms with Crippen molar-refractivity contribution < 1.29 is 9.53 Å². The molecule has 0 saturated heterocycles. The smallest absolute Gasteiger partial charge is 0.330 e. The van der Waals surface area contributed by atoms with Gasteiger partial charge < -0.3 is 9.72 Å². The van der Waals surface area contributed by atoms with Gasteiger partial charge in [-0.05, 0) is 31.6 Å². The third-order valence-corrected chi connectivity index (χ3v) is 1.84. The van der Waals surface area contributed by atoms with Crippen molar-refractivity contribution in [2.45, 2.75) is 13.8 Å². The first-order chi connectivity index (χ1) is 7.13. The van der Waals surface area contributed by atoms with Crippen LogP contribution in [0, 0.1) is 6.92 Å². The number of aromatic amines is 1. The highest BCUT2D eigenvalue weighted by atomic mass is 16.5. The molecular formula is C11H13NO3. The summed E-state index contributed by atoms with van der Waals surface area (Å²) < 4.78 is 4.73. The van der Waals surface area contributed by atoms with Gasteiger partial charge in [0.25, 0.3) is 0 Å². The largest absolute Gasteiger partial charge is 0.463 e. The molecule has 0 bridgehead atoms. The Labute approximate surface area is 87.6 Å². The Hall–Kier alpha value is -1.84. The van der Waals surface area contributed by atoms with E-state index in [1.54, 1.807) is 26.0 Å². The van der Waals surface area contributed by atoms with Gasteiger partial charge in [-0.2, -0.15) is 0 Å². The molecule has 0 fully saturated rings. The zero-order valence-corrected chi connectivity index (χ0v) is 8.74. The molecule has 1 rings (SSSR count). The van der Waals surface area contributed by atoms with Gasteiger partial charge in [0, 0.05) is 17.8 Å². The number of carbonyl (C=O) groups excluding carboxylic acids is 1. The summed E-state index contributed by atoms with van der Waals surface area (Å²) in [6.45, 7) is 3.87. The van der Waals surface area contributed by atoms with Crippen LogP contribution in [0.25, 0.3) is 6.08 Å². The molecule has 1 aromatic heterocycles. The number of nitrogens with one attached hydrogen (secondary N) is 1. The van der Waals surface area contributed by atoms with E-state index in [-0.39, 0.29) is 11.5 Å². The lowest BCUT2D eigenvalue weighted by Gasteiger charge is -1.98. The van der Waals surface area contributed by atoms with Crippen LogP contribution in [0.3, 0.4) is 0 Å². The molecule has 15 heavy (non-hydrogen) atoms. The Bertz CT molecular complexity index is 432. The number of pyridine rings is 1. The predicted molar refractivity (Wildman–Crippen MR) is 57.5 cm³/mol. The number of esters is 1. The maximum absolute atomic E-state index is 11.0. The van der Waals surface area contributed by atoms with Crippen molar-refractivity contribution >= 4 is 12.0 Å². The van der Waals surface area contributed by atoms with E-state index in [0.29, 0.717) is 6.61 Å². The molecule has 0 saturated carbocycles. The summed E-state index contributed by atoms with van der Waals surface area (Å²) in [5, 5.41) is 0. The predicted octanol–water partition coefficient (Wildman–Crippen LogP) is 1.26. The van der Waals surface area contributed by atoms with Gasteiger partial charge in [-0.25, -0.2) is 4.79 Å². The maximum Gasteiger partial charge on any atom is 0.330 e. The van der Waals surface area contributed by atoms with Gasteiger partial charge in [0.15, 0.2) is 0 Å². The van der Waals surface area contributed by atoms with Gasteiger partial charge in [0.05, 0.1) is 6.61 Å². The maximum atomic E-state index is 11.0. The van der Waals surface area contributed by atoms with Crippen molar-refractivity contribution in [2.75, 3.05) is 6.61 Å². The Morgan fingerprint density at radius 3 is 2.87 bits per heavy atom. The minimum absolute atomic E-state index is 0.152. The fourth-order valence-electron chi connectivity index (χ4n) is 1.12. The first-order valence-electron chi connectivity index (χ1n) is 4.68. The standard InChI is InChI=1S/C11H13NO3/c1-3-15-11(14)7-5-9-4-6-10(13)12-8(9)2/h4-7H,3H2,1-2H3,(H,12,13). The normalized spacial score (nSPS) is 10.5. The molecule has 80 valence electrons. The average Bonchev–Trinajstić information content (AvgIpc) is 2.17. The second-order valence-electron chi connectivity index (χ2n) is 2.99. The highest BCUT2D eigenvalue weighted by molar-refractivity contribution is 5.87. The molecule has 0 spiro atoms. The number of carbonyl (C=O) groups is 1. The van der Waals surface area contributed by atoms with Crippen LogP contribution in [0.4, 0.5) is 0 Å². The van der Waals surface area contributed by atoms with Crippen LogP contribution < -0.4 is 5.56 Å². The summed E-state index contributed by atoms with van der Waals surface area (Å²) >= 11 is 0. The Morgan fingerprint density at radius 1 is 1.53 bits per heavy atom. The van der Waals surface area contributed by atoms with E-state index in [2.05, 4.69) is 4.98 Å². The van der Waals surface area contributed by atoms with Gasteiger partial charge in [-0.15, -0.1) is 0 Å². The number of aromatic nitrogens is 1. The summed E-state index contributed by atoms with van der Waals surface area (Å²) in [7, 11) is 0. The summed E-state index contributed by atoms with van der Waals surface area (Å²) in [6.07, 6.45) is 2.95. The van der Waals surface area contributed by atoms with Crippen LogP contribution in [0.2, 0.25) is 0 Å². The van der Waals surface area contributed by atoms with Crippen molar-refractivity contribution in [3.05, 3.63) is 39.8 Å². The first kappa shape index (κ1) is 11.2. The molecule has 4 nitrogen and oxygen atoms in total. The van der Waals surface area contributed by atoms with Gasteiger partial charge in [0.1, 0.15) is 0 Å². The Morgan fingerprint density at radius 2 is 2.27 bits per heavy atom. The van der Waals surface area contributed by atoms with Crippen LogP contribution >= 0.6 is 0 Å². The van der Waals surface area contributed by atoms with Crippen LogP contribution in [-0.4, -0.2) is 17.6 Å². The van der Waals surface area contributed by atoms with Gasteiger partial charge in [-0.1, -0.05) is 0 Å². The molecule has 0 atom stereocenters. The number of aryl methyl sites for hydroxylation is 1. The van der Waals surface area contributed by atoms with E-state index in [1.165, 1.54) is 12.1 Å². The topological polar surface area (TPSA) is 59.2 Å². The fraction of sp³-hybridized carbons (Fsp3) is 0.273. The third kappa shape index (κ3) is 3.42. The van der Waals surface area contributed by atoms with E-state index in [4.69, 9.17) is 4.74 Å². The number of ether oxygens (including phenoxy) is 1. The molecule has 1 aromatic rings. The van der Waals surface area contributed by atoms with Crippen molar-refractivity contribution in [2.24, 2.45) is 0 Å². The van der Waals surface area contributed by atoms with E-state index < -0.39 is 0 Å². The van der Waals surface area contributed by atoms with E-state index >= 15 is 0 Å². The minimum atomic E-state index is -0.386. The lowest BCUT2D eigenvalue weighted by atomic mass is 10.2. The molecule has 0 aliphatic heterocycles. The SMILES string of the molecule is CCOC(=O)C=Cc1ccc(=O)[nH]c1C. The molecule has 0 aromatic carbocycles. The quantitative estimate of drug-likeness (QED) is 0.599. The van der Waals surface area contributed by atoms with Gasteiger partial charge in [-0.3, -0.25) is 4.79 Å². The number of H-pyrrole nitrogens is 1. The van der Waals surface area contributed by atoms with Crippen LogP contribution in [-0.2, 0) is 9.53 Å². The fourth-order valence-corrected chi connectivity index (χ4v) is 1.12. The molecule has 0 amide bonds.